The Morgan fingerprint density at radius 3 is 2.20 bits per heavy atom. The molecule has 0 aliphatic carbocycles. The Kier molecular flexibility index (Phi) is 6.01. The summed E-state index contributed by atoms with van der Waals surface area (Å²) in [5, 5.41) is 0. The second kappa shape index (κ2) is 8.07. The van der Waals surface area contributed by atoms with Crippen LogP contribution in [0.15, 0.2) is 35.2 Å². The van der Waals surface area contributed by atoms with Crippen LogP contribution in [0.4, 0.5) is 13.2 Å². The third-order valence-electron chi connectivity index (χ3n) is 5.46. The first-order valence-electron chi connectivity index (χ1n) is 9.60. The largest absolute Gasteiger partial charge is 0.417 e. The predicted octanol–water partition coefficient (Wildman–Crippen LogP) is 3.29. The number of benzene rings is 1. The summed E-state index contributed by atoms with van der Waals surface area (Å²) in [6.07, 6.45) is -4.77. The van der Waals surface area contributed by atoms with Crippen LogP contribution >= 0.6 is 0 Å². The SMILES string of the molecule is CCn1c(C)cc(C(=O)N2CCN(S(=O)(=O)c3ccccc3C(F)(F)F)CC2)c1C. The summed E-state index contributed by atoms with van der Waals surface area (Å²) in [5.41, 5.74) is 1.18. The standard InChI is InChI=1S/C20H24F3N3O3S/c1-4-26-14(2)13-16(15(26)3)19(27)24-9-11-25(12-10-24)30(28,29)18-8-6-5-7-17(18)20(21,22)23/h5-8,13H,4,9-12H2,1-3H3. The number of rotatable bonds is 4. The smallest absolute Gasteiger partial charge is 0.349 e. The Morgan fingerprint density at radius 2 is 1.67 bits per heavy atom. The number of carbonyl (C=O) groups excluding carboxylic acids is 1. The van der Waals surface area contributed by atoms with Crippen LogP contribution in [0, 0.1) is 13.8 Å². The highest BCUT2D eigenvalue weighted by Crippen LogP contribution is 2.35. The highest BCUT2D eigenvalue weighted by atomic mass is 32.2. The number of aromatic nitrogens is 1. The van der Waals surface area contributed by atoms with Crippen LogP contribution in [0.5, 0.6) is 0 Å². The van der Waals surface area contributed by atoms with Crippen LogP contribution in [0.2, 0.25) is 0 Å². The summed E-state index contributed by atoms with van der Waals surface area (Å²) in [5.74, 6) is -0.199. The molecule has 1 aliphatic rings. The molecular weight excluding hydrogens is 419 g/mol. The first kappa shape index (κ1) is 22.4. The highest BCUT2D eigenvalue weighted by molar-refractivity contribution is 7.89. The van der Waals surface area contributed by atoms with Gasteiger partial charge in [0.15, 0.2) is 0 Å². The molecule has 0 saturated carbocycles. The van der Waals surface area contributed by atoms with Crippen molar-refractivity contribution in [3.8, 4) is 0 Å². The number of alkyl halides is 3. The molecule has 30 heavy (non-hydrogen) atoms. The van der Waals surface area contributed by atoms with Gasteiger partial charge in [-0.1, -0.05) is 12.1 Å². The average Bonchev–Trinajstić information content (AvgIpc) is 3.00. The number of aryl methyl sites for hydroxylation is 1. The van der Waals surface area contributed by atoms with Gasteiger partial charge in [-0.25, -0.2) is 8.42 Å². The fraction of sp³-hybridized carbons (Fsp3) is 0.450. The predicted molar refractivity (Wildman–Crippen MR) is 106 cm³/mol. The first-order chi connectivity index (χ1) is 14.0. The molecule has 0 atom stereocenters. The Hall–Kier alpha value is -2.33. The Balaban J connectivity index is 1.78. The van der Waals surface area contributed by atoms with Gasteiger partial charge in [0.05, 0.1) is 16.0 Å². The second-order valence-corrected chi connectivity index (χ2v) is 9.13. The molecule has 1 fully saturated rings. The van der Waals surface area contributed by atoms with Crippen molar-refractivity contribution in [3.63, 3.8) is 0 Å². The molecule has 1 aromatic heterocycles. The topological polar surface area (TPSA) is 62.6 Å². The molecule has 2 aromatic rings. The quantitative estimate of drug-likeness (QED) is 0.729. The van der Waals surface area contributed by atoms with Gasteiger partial charge in [0.1, 0.15) is 0 Å². The molecule has 1 amide bonds. The van der Waals surface area contributed by atoms with Crippen molar-refractivity contribution in [2.45, 2.75) is 38.4 Å². The van der Waals surface area contributed by atoms with E-state index >= 15 is 0 Å². The lowest BCUT2D eigenvalue weighted by Crippen LogP contribution is -2.50. The van der Waals surface area contributed by atoms with Gasteiger partial charge in [-0.05, 0) is 39.0 Å². The summed E-state index contributed by atoms with van der Waals surface area (Å²) >= 11 is 0. The molecule has 164 valence electrons. The maximum absolute atomic E-state index is 13.3. The number of hydrogen-bond acceptors (Lipinski definition) is 3. The minimum Gasteiger partial charge on any atom is -0.349 e. The molecule has 0 radical (unpaired) electrons. The van der Waals surface area contributed by atoms with E-state index in [1.54, 1.807) is 4.90 Å². The van der Waals surface area contributed by atoms with E-state index < -0.39 is 26.7 Å². The lowest BCUT2D eigenvalue weighted by molar-refractivity contribution is -0.139. The van der Waals surface area contributed by atoms with E-state index in [0.717, 1.165) is 40.4 Å². The third-order valence-corrected chi connectivity index (χ3v) is 7.41. The molecule has 1 aliphatic heterocycles. The van der Waals surface area contributed by atoms with Crippen molar-refractivity contribution in [2.24, 2.45) is 0 Å². The first-order valence-corrected chi connectivity index (χ1v) is 11.0. The van der Waals surface area contributed by atoms with Crippen LogP contribution in [0.1, 0.15) is 34.2 Å². The lowest BCUT2D eigenvalue weighted by atomic mass is 10.2. The summed E-state index contributed by atoms with van der Waals surface area (Å²) in [4.78, 5) is 13.7. The zero-order valence-corrected chi connectivity index (χ0v) is 17.8. The molecule has 2 heterocycles. The molecule has 1 aromatic carbocycles. The molecule has 6 nitrogen and oxygen atoms in total. The van der Waals surface area contributed by atoms with Gasteiger partial charge >= 0.3 is 6.18 Å². The van der Waals surface area contributed by atoms with Gasteiger partial charge in [-0.2, -0.15) is 17.5 Å². The van der Waals surface area contributed by atoms with Gasteiger partial charge in [0.25, 0.3) is 5.91 Å². The Morgan fingerprint density at radius 1 is 1.07 bits per heavy atom. The van der Waals surface area contributed by atoms with Gasteiger partial charge in [-0.3, -0.25) is 4.79 Å². The number of hydrogen-bond donors (Lipinski definition) is 0. The Bertz CT molecular complexity index is 1050. The summed E-state index contributed by atoms with van der Waals surface area (Å²) in [6, 6.07) is 5.96. The van der Waals surface area contributed by atoms with E-state index in [4.69, 9.17) is 0 Å². The molecule has 0 spiro atoms. The van der Waals surface area contributed by atoms with E-state index in [9.17, 15) is 26.4 Å². The zero-order chi connectivity index (χ0) is 22.3. The molecular formula is C20H24F3N3O3S. The summed E-state index contributed by atoms with van der Waals surface area (Å²) in [7, 11) is -4.33. The van der Waals surface area contributed by atoms with Gasteiger partial charge in [0.2, 0.25) is 10.0 Å². The average molecular weight is 443 g/mol. The van der Waals surface area contributed by atoms with E-state index in [2.05, 4.69) is 0 Å². The van der Waals surface area contributed by atoms with Gasteiger partial charge < -0.3 is 9.47 Å². The monoisotopic (exact) mass is 443 g/mol. The second-order valence-electron chi connectivity index (χ2n) is 7.22. The maximum atomic E-state index is 13.3. The number of carbonyl (C=O) groups is 1. The van der Waals surface area contributed by atoms with E-state index in [-0.39, 0.29) is 32.1 Å². The van der Waals surface area contributed by atoms with Crippen molar-refractivity contribution >= 4 is 15.9 Å². The van der Waals surface area contributed by atoms with Crippen molar-refractivity contribution in [2.75, 3.05) is 26.2 Å². The third kappa shape index (κ3) is 3.98. The van der Waals surface area contributed by atoms with E-state index in [1.165, 1.54) is 6.07 Å². The van der Waals surface area contributed by atoms with Gasteiger partial charge in [-0.15, -0.1) is 0 Å². The Labute approximate surface area is 173 Å². The minimum absolute atomic E-state index is 0.0627. The number of amides is 1. The lowest BCUT2D eigenvalue weighted by Gasteiger charge is -2.34. The highest BCUT2D eigenvalue weighted by Gasteiger charge is 2.40. The molecule has 3 rings (SSSR count). The van der Waals surface area contributed by atoms with Crippen molar-refractivity contribution in [3.05, 3.63) is 52.8 Å². The number of piperazine rings is 1. The summed E-state index contributed by atoms with van der Waals surface area (Å²) in [6.45, 7) is 6.59. The van der Waals surface area contributed by atoms with Crippen molar-refractivity contribution < 1.29 is 26.4 Å². The zero-order valence-electron chi connectivity index (χ0n) is 17.0. The van der Waals surface area contributed by atoms with Crippen molar-refractivity contribution in [1.82, 2.24) is 13.8 Å². The number of nitrogens with zero attached hydrogens (tertiary/aromatic N) is 3. The van der Waals surface area contributed by atoms with Crippen LogP contribution in [0.25, 0.3) is 0 Å². The van der Waals surface area contributed by atoms with Crippen LogP contribution in [-0.4, -0.2) is 54.3 Å². The van der Waals surface area contributed by atoms with Crippen molar-refractivity contribution in [1.29, 1.82) is 0 Å². The van der Waals surface area contributed by atoms with Crippen LogP contribution < -0.4 is 0 Å². The molecule has 0 unspecified atom stereocenters. The molecule has 10 heteroatoms. The molecule has 1 saturated heterocycles. The number of sulfonamides is 1. The fourth-order valence-electron chi connectivity index (χ4n) is 3.87. The molecule has 0 bridgehead atoms. The van der Waals surface area contributed by atoms with Crippen LogP contribution in [-0.2, 0) is 22.7 Å². The normalized spacial score (nSPS) is 16.1. The van der Waals surface area contributed by atoms with Crippen LogP contribution in [0.3, 0.4) is 0 Å². The van der Waals surface area contributed by atoms with E-state index in [1.807, 2.05) is 31.4 Å². The summed E-state index contributed by atoms with van der Waals surface area (Å²) < 4.78 is 68.5. The molecule has 0 N–H and O–H groups in total. The van der Waals surface area contributed by atoms with Gasteiger partial charge in [0, 0.05) is 44.1 Å². The minimum atomic E-state index is -4.77. The number of halogens is 3. The van der Waals surface area contributed by atoms with E-state index in [0.29, 0.717) is 5.56 Å². The fourth-order valence-corrected chi connectivity index (χ4v) is 5.51. The maximum Gasteiger partial charge on any atom is 0.417 e.